The molecule has 1 aliphatic rings. The van der Waals surface area contributed by atoms with Crippen molar-refractivity contribution < 1.29 is 0 Å². The number of aromatic amines is 1. The first kappa shape index (κ1) is 14.0. The van der Waals surface area contributed by atoms with Gasteiger partial charge in [0.1, 0.15) is 4.70 Å². The number of nitrogens with one attached hydrogen (secondary N) is 1. The van der Waals surface area contributed by atoms with E-state index in [0.717, 1.165) is 29.0 Å². The fourth-order valence-corrected chi connectivity index (χ4v) is 4.51. The molecule has 1 N–H and O–H groups in total. The second-order valence-corrected chi connectivity index (χ2v) is 7.03. The maximum absolute atomic E-state index is 12.6. The second kappa shape index (κ2) is 5.82. The smallest absolute Gasteiger partial charge is 0.272 e. The van der Waals surface area contributed by atoms with Crippen LogP contribution in [0.25, 0.3) is 10.2 Å². The molecule has 0 unspecified atom stereocenters. The summed E-state index contributed by atoms with van der Waals surface area (Å²) in [6, 6.07) is 2.21. The number of aromatic nitrogens is 2. The fraction of sp³-hybridized carbons (Fsp3) is 0.600. The minimum Gasteiger partial charge on any atom is -0.331 e. The van der Waals surface area contributed by atoms with Crippen LogP contribution in [0.3, 0.4) is 0 Å². The van der Waals surface area contributed by atoms with Gasteiger partial charge in [-0.05, 0) is 55.3 Å². The maximum atomic E-state index is 12.6. The van der Waals surface area contributed by atoms with Gasteiger partial charge in [-0.1, -0.05) is 19.8 Å². The Bertz CT molecular complexity index is 704. The molecule has 0 saturated heterocycles. The molecule has 0 amide bonds. The predicted molar refractivity (Wildman–Crippen MR) is 87.2 cm³/mol. The van der Waals surface area contributed by atoms with Crippen LogP contribution in [0.2, 0.25) is 0 Å². The number of nitrogens with zero attached hydrogens (tertiary/aromatic N) is 1. The summed E-state index contributed by atoms with van der Waals surface area (Å²) >= 11 is 6.91. The molecule has 108 valence electrons. The minimum atomic E-state index is 0.0951. The molecule has 3 nitrogen and oxygen atoms in total. The van der Waals surface area contributed by atoms with E-state index >= 15 is 0 Å². The fourth-order valence-electron chi connectivity index (χ4n) is 3.38. The summed E-state index contributed by atoms with van der Waals surface area (Å²) in [5.41, 5.74) is 0.971. The van der Waals surface area contributed by atoms with Crippen molar-refractivity contribution in [3.8, 4) is 0 Å². The Morgan fingerprint density at radius 1 is 1.40 bits per heavy atom. The SMILES string of the molecule is CCCC1CCC(n2c(=S)[nH]c3ccsc3c2=O)CC1. The van der Waals surface area contributed by atoms with Crippen LogP contribution >= 0.6 is 23.6 Å². The first-order chi connectivity index (χ1) is 9.70. The zero-order chi connectivity index (χ0) is 14.1. The highest BCUT2D eigenvalue weighted by Crippen LogP contribution is 2.34. The summed E-state index contributed by atoms with van der Waals surface area (Å²) in [6.07, 6.45) is 7.19. The molecule has 2 heterocycles. The van der Waals surface area contributed by atoms with Crippen molar-refractivity contribution in [1.82, 2.24) is 9.55 Å². The first-order valence-corrected chi connectivity index (χ1v) is 8.71. The normalized spacial score (nSPS) is 23.2. The third-order valence-corrected chi connectivity index (χ3v) is 5.62. The summed E-state index contributed by atoms with van der Waals surface area (Å²) < 4.78 is 3.21. The highest BCUT2D eigenvalue weighted by Gasteiger charge is 2.24. The van der Waals surface area contributed by atoms with E-state index in [1.807, 2.05) is 16.0 Å². The lowest BCUT2D eigenvalue weighted by molar-refractivity contribution is 0.257. The monoisotopic (exact) mass is 308 g/mol. The van der Waals surface area contributed by atoms with Gasteiger partial charge in [0.25, 0.3) is 5.56 Å². The number of thiophene rings is 1. The average molecular weight is 308 g/mol. The number of H-pyrrole nitrogens is 1. The van der Waals surface area contributed by atoms with Gasteiger partial charge in [0.2, 0.25) is 0 Å². The van der Waals surface area contributed by atoms with E-state index in [-0.39, 0.29) is 11.6 Å². The van der Waals surface area contributed by atoms with E-state index in [1.165, 1.54) is 37.0 Å². The third-order valence-electron chi connectivity index (χ3n) is 4.42. The molecule has 0 radical (unpaired) electrons. The van der Waals surface area contributed by atoms with Gasteiger partial charge in [-0.25, -0.2) is 0 Å². The first-order valence-electron chi connectivity index (χ1n) is 7.42. The number of fused-ring (bicyclic) bond motifs is 1. The van der Waals surface area contributed by atoms with Gasteiger partial charge in [-0.15, -0.1) is 11.3 Å². The Hall–Kier alpha value is -0.940. The molecular formula is C15H20N2OS2. The highest BCUT2D eigenvalue weighted by molar-refractivity contribution is 7.71. The van der Waals surface area contributed by atoms with Crippen LogP contribution in [0.5, 0.6) is 0 Å². The van der Waals surface area contributed by atoms with Gasteiger partial charge in [0.15, 0.2) is 4.77 Å². The molecule has 1 aliphatic carbocycles. The van der Waals surface area contributed by atoms with E-state index in [0.29, 0.717) is 4.77 Å². The van der Waals surface area contributed by atoms with Crippen LogP contribution in [0.1, 0.15) is 51.5 Å². The molecule has 20 heavy (non-hydrogen) atoms. The summed E-state index contributed by atoms with van der Waals surface area (Å²) in [4.78, 5) is 15.8. The van der Waals surface area contributed by atoms with Crippen molar-refractivity contribution in [3.63, 3.8) is 0 Å². The molecule has 0 atom stereocenters. The Morgan fingerprint density at radius 3 is 2.85 bits per heavy atom. The van der Waals surface area contributed by atoms with E-state index in [2.05, 4.69) is 11.9 Å². The lowest BCUT2D eigenvalue weighted by Gasteiger charge is -2.29. The van der Waals surface area contributed by atoms with Crippen LogP contribution in [0.4, 0.5) is 0 Å². The number of hydrogen-bond donors (Lipinski definition) is 1. The standard InChI is InChI=1S/C15H20N2OS2/c1-2-3-10-4-6-11(7-5-10)17-14(18)13-12(8-9-20-13)16-15(17)19/h8-11H,2-7H2,1H3,(H,16,19). The van der Waals surface area contributed by atoms with Crippen LogP contribution in [0.15, 0.2) is 16.2 Å². The molecule has 0 aliphatic heterocycles. The molecule has 0 aromatic carbocycles. The van der Waals surface area contributed by atoms with E-state index in [9.17, 15) is 4.79 Å². The van der Waals surface area contributed by atoms with Crippen LogP contribution in [-0.2, 0) is 0 Å². The number of hydrogen-bond acceptors (Lipinski definition) is 3. The lowest BCUT2D eigenvalue weighted by atomic mass is 9.83. The van der Waals surface area contributed by atoms with Crippen molar-refractivity contribution in [3.05, 3.63) is 26.6 Å². The van der Waals surface area contributed by atoms with Gasteiger partial charge in [0, 0.05) is 6.04 Å². The molecule has 0 bridgehead atoms. The maximum Gasteiger partial charge on any atom is 0.272 e. The van der Waals surface area contributed by atoms with Crippen molar-refractivity contribution in [2.24, 2.45) is 5.92 Å². The van der Waals surface area contributed by atoms with Gasteiger partial charge in [-0.3, -0.25) is 9.36 Å². The third kappa shape index (κ3) is 2.49. The number of rotatable bonds is 3. The molecule has 0 spiro atoms. The molecule has 1 fully saturated rings. The van der Waals surface area contributed by atoms with Crippen molar-refractivity contribution in [1.29, 1.82) is 0 Å². The summed E-state index contributed by atoms with van der Waals surface area (Å²) in [5, 5.41) is 1.94. The second-order valence-electron chi connectivity index (χ2n) is 5.73. The van der Waals surface area contributed by atoms with Gasteiger partial charge < -0.3 is 4.98 Å². The Morgan fingerprint density at radius 2 is 2.15 bits per heavy atom. The van der Waals surface area contributed by atoms with Crippen LogP contribution in [-0.4, -0.2) is 9.55 Å². The molecule has 2 aromatic heterocycles. The van der Waals surface area contributed by atoms with E-state index in [1.54, 1.807) is 0 Å². The summed E-state index contributed by atoms with van der Waals surface area (Å²) in [7, 11) is 0. The highest BCUT2D eigenvalue weighted by atomic mass is 32.1. The van der Waals surface area contributed by atoms with Crippen LogP contribution < -0.4 is 5.56 Å². The average Bonchev–Trinajstić information content (AvgIpc) is 2.89. The molecule has 5 heteroatoms. The van der Waals surface area contributed by atoms with Crippen LogP contribution in [0, 0.1) is 10.7 Å². The Balaban J connectivity index is 1.91. The molecular weight excluding hydrogens is 288 g/mol. The topological polar surface area (TPSA) is 37.8 Å². The van der Waals surface area contributed by atoms with Gasteiger partial charge in [0.05, 0.1) is 5.52 Å². The minimum absolute atomic E-state index is 0.0951. The predicted octanol–water partition coefficient (Wildman–Crippen LogP) is 4.65. The van der Waals surface area contributed by atoms with Crippen molar-refractivity contribution in [2.75, 3.05) is 0 Å². The van der Waals surface area contributed by atoms with Crippen molar-refractivity contribution >= 4 is 33.8 Å². The zero-order valence-electron chi connectivity index (χ0n) is 11.7. The molecule has 1 saturated carbocycles. The Kier molecular flexibility index (Phi) is 4.08. The lowest BCUT2D eigenvalue weighted by Crippen LogP contribution is -2.29. The van der Waals surface area contributed by atoms with Crippen molar-refractivity contribution in [2.45, 2.75) is 51.5 Å². The van der Waals surface area contributed by atoms with E-state index < -0.39 is 0 Å². The quantitative estimate of drug-likeness (QED) is 0.838. The summed E-state index contributed by atoms with van der Waals surface area (Å²) in [5.74, 6) is 0.843. The van der Waals surface area contributed by atoms with E-state index in [4.69, 9.17) is 12.2 Å². The Labute approximate surface area is 127 Å². The van der Waals surface area contributed by atoms with Gasteiger partial charge in [-0.2, -0.15) is 0 Å². The largest absolute Gasteiger partial charge is 0.331 e. The molecule has 3 rings (SSSR count). The zero-order valence-corrected chi connectivity index (χ0v) is 13.4. The van der Waals surface area contributed by atoms with Gasteiger partial charge >= 0.3 is 0 Å². The summed E-state index contributed by atoms with van der Waals surface area (Å²) in [6.45, 7) is 2.25. The molecule has 2 aromatic rings.